The molecule has 0 aliphatic carbocycles. The van der Waals surface area contributed by atoms with Gasteiger partial charge in [0.15, 0.2) is 0 Å². The number of hydrogen-bond acceptors (Lipinski definition) is 5. The zero-order valence-electron chi connectivity index (χ0n) is 7.95. The molecule has 0 N–H and O–H groups in total. The van der Waals surface area contributed by atoms with Gasteiger partial charge in [0.25, 0.3) is 11.3 Å². The monoisotopic (exact) mass is 215 g/mol. The molecule has 0 amide bonds. The van der Waals surface area contributed by atoms with E-state index in [4.69, 9.17) is 15.3 Å². The minimum absolute atomic E-state index is 0.0380. The third-order valence-corrected chi connectivity index (χ3v) is 2.35. The van der Waals surface area contributed by atoms with Crippen molar-refractivity contribution in [3.05, 3.63) is 39.9 Å². The van der Waals surface area contributed by atoms with E-state index in [-0.39, 0.29) is 5.69 Å². The van der Waals surface area contributed by atoms with Crippen molar-refractivity contribution < 1.29 is 9.66 Å². The Morgan fingerprint density at radius 2 is 1.88 bits per heavy atom. The van der Waals surface area contributed by atoms with E-state index in [1.54, 1.807) is 12.1 Å². The average molecular weight is 215 g/mol. The maximum absolute atomic E-state index is 10.4. The Labute approximate surface area is 90.4 Å². The lowest BCUT2D eigenvalue weighted by Crippen LogP contribution is -2.04. The topological polar surface area (TPSA) is 103 Å². The Kier molecular flexibility index (Phi) is 2.08. The molecule has 1 aromatic rings. The van der Waals surface area contributed by atoms with Gasteiger partial charge in [-0.25, -0.2) is 0 Å². The molecule has 0 saturated carbocycles. The lowest BCUT2D eigenvalue weighted by molar-refractivity contribution is -0.384. The van der Waals surface area contributed by atoms with Gasteiger partial charge < -0.3 is 4.74 Å². The third-order valence-electron chi connectivity index (χ3n) is 2.35. The van der Waals surface area contributed by atoms with Gasteiger partial charge in [-0.3, -0.25) is 10.1 Å². The highest BCUT2D eigenvalue weighted by Gasteiger charge is 2.59. The molecule has 0 aromatic heterocycles. The van der Waals surface area contributed by atoms with Crippen molar-refractivity contribution in [1.29, 1.82) is 10.5 Å². The summed E-state index contributed by atoms with van der Waals surface area (Å²) >= 11 is 0. The summed E-state index contributed by atoms with van der Waals surface area (Å²) in [6.45, 7) is 0. The predicted molar refractivity (Wildman–Crippen MR) is 50.9 cm³/mol. The van der Waals surface area contributed by atoms with E-state index in [0.29, 0.717) is 5.56 Å². The maximum atomic E-state index is 10.4. The maximum Gasteiger partial charge on any atom is 0.272 e. The minimum atomic E-state index is -1.42. The van der Waals surface area contributed by atoms with Gasteiger partial charge in [-0.15, -0.1) is 0 Å². The van der Waals surface area contributed by atoms with Crippen molar-refractivity contribution in [2.75, 3.05) is 0 Å². The van der Waals surface area contributed by atoms with E-state index in [0.717, 1.165) is 0 Å². The van der Waals surface area contributed by atoms with Crippen molar-refractivity contribution in [3.63, 3.8) is 0 Å². The summed E-state index contributed by atoms with van der Waals surface area (Å²) in [7, 11) is 0. The second-order valence-electron chi connectivity index (χ2n) is 3.31. The summed E-state index contributed by atoms with van der Waals surface area (Å²) in [6, 6.07) is 9.14. The molecule has 1 aliphatic heterocycles. The molecule has 1 atom stereocenters. The van der Waals surface area contributed by atoms with Crippen LogP contribution in [0.5, 0.6) is 0 Å². The van der Waals surface area contributed by atoms with Gasteiger partial charge in [-0.1, -0.05) is 0 Å². The first-order chi connectivity index (χ1) is 7.63. The van der Waals surface area contributed by atoms with Crippen LogP contribution in [0.3, 0.4) is 0 Å². The lowest BCUT2D eigenvalue weighted by Gasteiger charge is -1.95. The Hall–Kier alpha value is -2.44. The molecule has 1 saturated heterocycles. The first-order valence-electron chi connectivity index (χ1n) is 4.37. The Morgan fingerprint density at radius 3 is 2.25 bits per heavy atom. The fraction of sp³-hybridized carbons (Fsp3) is 0.200. The zero-order valence-corrected chi connectivity index (χ0v) is 7.95. The molecule has 6 nitrogen and oxygen atoms in total. The first-order valence-corrected chi connectivity index (χ1v) is 4.37. The number of rotatable bonds is 2. The smallest absolute Gasteiger partial charge is 0.272 e. The van der Waals surface area contributed by atoms with Crippen LogP contribution in [0.4, 0.5) is 5.69 Å². The zero-order chi connectivity index (χ0) is 11.8. The van der Waals surface area contributed by atoms with Crippen LogP contribution >= 0.6 is 0 Å². The number of benzene rings is 1. The van der Waals surface area contributed by atoms with Crippen molar-refractivity contribution in [3.8, 4) is 12.1 Å². The first kappa shape index (κ1) is 10.1. The van der Waals surface area contributed by atoms with Gasteiger partial charge in [0.05, 0.1) is 4.92 Å². The minimum Gasteiger partial charge on any atom is -0.332 e. The fourth-order valence-electron chi connectivity index (χ4n) is 1.42. The molecule has 1 unspecified atom stereocenters. The van der Waals surface area contributed by atoms with Gasteiger partial charge in [0.1, 0.15) is 18.2 Å². The predicted octanol–water partition coefficient (Wildman–Crippen LogP) is 1.45. The largest absolute Gasteiger partial charge is 0.332 e. The number of hydrogen-bond donors (Lipinski definition) is 0. The number of nitro benzene ring substituents is 1. The normalized spacial score (nSPS) is 20.5. The number of nitriles is 2. The highest BCUT2D eigenvalue weighted by Crippen LogP contribution is 2.48. The molecule has 2 rings (SSSR count). The van der Waals surface area contributed by atoms with Crippen LogP contribution in [0.25, 0.3) is 0 Å². The van der Waals surface area contributed by atoms with Crippen LogP contribution in [0.15, 0.2) is 24.3 Å². The third kappa shape index (κ3) is 1.38. The lowest BCUT2D eigenvalue weighted by atomic mass is 10.0. The van der Waals surface area contributed by atoms with E-state index in [2.05, 4.69) is 0 Å². The summed E-state index contributed by atoms with van der Waals surface area (Å²) < 4.78 is 5.00. The van der Waals surface area contributed by atoms with E-state index < -0.39 is 16.6 Å². The van der Waals surface area contributed by atoms with Gasteiger partial charge in [0.2, 0.25) is 0 Å². The second kappa shape index (κ2) is 3.30. The van der Waals surface area contributed by atoms with Crippen molar-refractivity contribution in [2.45, 2.75) is 11.7 Å². The summed E-state index contributed by atoms with van der Waals surface area (Å²) in [5.74, 6) is 0. The van der Waals surface area contributed by atoms with Crippen LogP contribution in [-0.4, -0.2) is 10.5 Å². The summed E-state index contributed by atoms with van der Waals surface area (Å²) in [5, 5.41) is 27.9. The summed E-state index contributed by atoms with van der Waals surface area (Å²) in [6.07, 6.45) is -0.608. The molecular weight excluding hydrogens is 210 g/mol. The molecule has 1 aliphatic rings. The van der Waals surface area contributed by atoms with Crippen molar-refractivity contribution >= 4 is 5.69 Å². The average Bonchev–Trinajstić information content (AvgIpc) is 3.04. The highest BCUT2D eigenvalue weighted by atomic mass is 16.6. The molecule has 16 heavy (non-hydrogen) atoms. The van der Waals surface area contributed by atoms with Gasteiger partial charge in [-0.05, 0) is 17.7 Å². The van der Waals surface area contributed by atoms with Crippen LogP contribution in [0.1, 0.15) is 11.7 Å². The Balaban J connectivity index is 2.24. The number of ether oxygens (including phenoxy) is 1. The van der Waals surface area contributed by atoms with Crippen molar-refractivity contribution in [1.82, 2.24) is 0 Å². The molecule has 0 radical (unpaired) electrons. The number of nitro groups is 1. The van der Waals surface area contributed by atoms with E-state index in [1.165, 1.54) is 24.3 Å². The summed E-state index contributed by atoms with van der Waals surface area (Å²) in [5.41, 5.74) is -0.867. The van der Waals surface area contributed by atoms with Crippen molar-refractivity contribution in [2.24, 2.45) is 0 Å². The number of non-ortho nitro benzene ring substituents is 1. The van der Waals surface area contributed by atoms with Crippen LogP contribution in [0, 0.1) is 32.8 Å². The van der Waals surface area contributed by atoms with E-state index in [9.17, 15) is 10.1 Å². The van der Waals surface area contributed by atoms with E-state index in [1.807, 2.05) is 0 Å². The standard InChI is InChI=1S/C10H5N3O3/c11-5-10(6-12)9(16-10)7-1-3-8(4-2-7)13(14)15/h1-4,9H. The number of epoxide rings is 1. The van der Waals surface area contributed by atoms with Crippen LogP contribution < -0.4 is 0 Å². The van der Waals surface area contributed by atoms with Gasteiger partial charge in [0, 0.05) is 12.1 Å². The molecule has 1 heterocycles. The Morgan fingerprint density at radius 1 is 1.31 bits per heavy atom. The molecule has 0 bridgehead atoms. The van der Waals surface area contributed by atoms with Gasteiger partial charge in [-0.2, -0.15) is 10.5 Å². The SMILES string of the molecule is N#CC1(C#N)OC1c1ccc([N+](=O)[O-])cc1. The van der Waals surface area contributed by atoms with Crippen LogP contribution in [-0.2, 0) is 4.74 Å². The summed E-state index contributed by atoms with van der Waals surface area (Å²) in [4.78, 5) is 9.89. The second-order valence-corrected chi connectivity index (χ2v) is 3.31. The van der Waals surface area contributed by atoms with Gasteiger partial charge >= 0.3 is 0 Å². The molecular formula is C10H5N3O3. The quantitative estimate of drug-likeness (QED) is 0.422. The molecule has 0 spiro atoms. The molecule has 1 aromatic carbocycles. The highest BCUT2D eigenvalue weighted by molar-refractivity contribution is 5.42. The number of nitrogens with zero attached hydrogens (tertiary/aromatic N) is 3. The Bertz CT molecular complexity index is 510. The molecule has 78 valence electrons. The molecule has 1 fully saturated rings. The molecule has 6 heteroatoms. The van der Waals surface area contributed by atoms with Crippen LogP contribution in [0.2, 0.25) is 0 Å². The van der Waals surface area contributed by atoms with E-state index >= 15 is 0 Å². The fourth-order valence-corrected chi connectivity index (χ4v) is 1.42.